The van der Waals surface area contributed by atoms with Gasteiger partial charge in [0.05, 0.1) is 5.69 Å². The standard InChI is InChI=1S/C17H21N3O3/c1-12(2)14(10-11-21)18-17(23)15-8-9-16(22)20(19-15)13-6-4-3-5-7-13/h3-9,12,14,21H,10-11H2,1-2H3,(H,18,23). The maximum atomic E-state index is 12.4. The van der Waals surface area contributed by atoms with Gasteiger partial charge in [-0.25, -0.2) is 0 Å². The Balaban J connectivity index is 2.27. The number of hydrogen-bond donors (Lipinski definition) is 2. The third-order valence-corrected chi connectivity index (χ3v) is 3.60. The van der Waals surface area contributed by atoms with Crippen LogP contribution in [0.15, 0.2) is 47.3 Å². The van der Waals surface area contributed by atoms with Crippen LogP contribution >= 0.6 is 0 Å². The Labute approximate surface area is 134 Å². The minimum atomic E-state index is -0.359. The smallest absolute Gasteiger partial charge is 0.271 e. The van der Waals surface area contributed by atoms with E-state index in [1.807, 2.05) is 19.9 Å². The van der Waals surface area contributed by atoms with Crippen molar-refractivity contribution in [2.24, 2.45) is 5.92 Å². The summed E-state index contributed by atoms with van der Waals surface area (Å²) in [5.74, 6) is -0.173. The summed E-state index contributed by atoms with van der Waals surface area (Å²) in [5.41, 5.74) is 0.462. The molecule has 1 aromatic carbocycles. The fourth-order valence-electron chi connectivity index (χ4n) is 2.24. The van der Waals surface area contributed by atoms with Gasteiger partial charge in [-0.15, -0.1) is 0 Å². The molecule has 2 aromatic rings. The Kier molecular flexibility index (Phi) is 5.65. The number of benzene rings is 1. The van der Waals surface area contributed by atoms with Gasteiger partial charge in [-0.3, -0.25) is 9.59 Å². The summed E-state index contributed by atoms with van der Waals surface area (Å²) in [6.07, 6.45) is 0.474. The fourth-order valence-corrected chi connectivity index (χ4v) is 2.24. The summed E-state index contributed by atoms with van der Waals surface area (Å²) in [4.78, 5) is 24.3. The van der Waals surface area contributed by atoms with Crippen molar-refractivity contribution in [1.82, 2.24) is 15.1 Å². The van der Waals surface area contributed by atoms with Gasteiger partial charge in [-0.1, -0.05) is 32.0 Å². The van der Waals surface area contributed by atoms with E-state index in [1.165, 1.54) is 16.8 Å². The predicted octanol–water partition coefficient (Wildman–Crippen LogP) is 1.37. The second-order valence-corrected chi connectivity index (χ2v) is 5.64. The first-order valence-electron chi connectivity index (χ1n) is 7.60. The molecule has 1 unspecified atom stereocenters. The molecule has 0 radical (unpaired) electrons. The van der Waals surface area contributed by atoms with Gasteiger partial charge in [-0.2, -0.15) is 9.78 Å². The largest absolute Gasteiger partial charge is 0.396 e. The molecule has 1 atom stereocenters. The quantitative estimate of drug-likeness (QED) is 0.843. The van der Waals surface area contributed by atoms with E-state index in [1.54, 1.807) is 24.3 Å². The van der Waals surface area contributed by atoms with Crippen LogP contribution in [0, 0.1) is 5.92 Å². The second kappa shape index (κ2) is 7.69. The third-order valence-electron chi connectivity index (χ3n) is 3.60. The summed E-state index contributed by atoms with van der Waals surface area (Å²) in [6, 6.07) is 11.5. The zero-order valence-electron chi connectivity index (χ0n) is 13.3. The van der Waals surface area contributed by atoms with Crippen LogP contribution in [-0.4, -0.2) is 33.4 Å². The number of carbonyl (C=O) groups excluding carboxylic acids is 1. The van der Waals surface area contributed by atoms with Crippen LogP contribution in [0.25, 0.3) is 5.69 Å². The summed E-state index contributed by atoms with van der Waals surface area (Å²) in [7, 11) is 0. The Hall–Kier alpha value is -2.47. The molecule has 23 heavy (non-hydrogen) atoms. The van der Waals surface area contributed by atoms with Gasteiger partial charge in [0.15, 0.2) is 0 Å². The summed E-state index contributed by atoms with van der Waals surface area (Å²) in [6.45, 7) is 3.94. The maximum Gasteiger partial charge on any atom is 0.271 e. The Bertz CT molecular complexity index is 711. The van der Waals surface area contributed by atoms with E-state index >= 15 is 0 Å². The van der Waals surface area contributed by atoms with Crippen LogP contribution in [-0.2, 0) is 0 Å². The number of rotatable bonds is 6. The molecule has 0 saturated heterocycles. The number of nitrogens with zero attached hydrogens (tertiary/aromatic N) is 2. The molecular weight excluding hydrogens is 294 g/mol. The van der Waals surface area contributed by atoms with Crippen molar-refractivity contribution in [2.75, 3.05) is 6.61 Å². The molecule has 0 spiro atoms. The van der Waals surface area contributed by atoms with Crippen molar-refractivity contribution in [2.45, 2.75) is 26.3 Å². The van der Waals surface area contributed by atoms with E-state index in [0.29, 0.717) is 12.1 Å². The molecule has 1 aromatic heterocycles. The first-order valence-corrected chi connectivity index (χ1v) is 7.60. The van der Waals surface area contributed by atoms with Crippen molar-refractivity contribution < 1.29 is 9.90 Å². The average Bonchev–Trinajstić information content (AvgIpc) is 2.55. The van der Waals surface area contributed by atoms with E-state index in [0.717, 1.165) is 0 Å². The lowest BCUT2D eigenvalue weighted by Gasteiger charge is -2.21. The first kappa shape index (κ1) is 16.9. The van der Waals surface area contributed by atoms with E-state index in [9.17, 15) is 9.59 Å². The van der Waals surface area contributed by atoms with Crippen molar-refractivity contribution in [1.29, 1.82) is 0 Å². The number of amides is 1. The molecule has 1 heterocycles. The van der Waals surface area contributed by atoms with Crippen molar-refractivity contribution >= 4 is 5.91 Å². The summed E-state index contributed by atoms with van der Waals surface area (Å²) < 4.78 is 1.20. The molecular formula is C17H21N3O3. The van der Waals surface area contributed by atoms with Gasteiger partial charge in [-0.05, 0) is 30.5 Å². The van der Waals surface area contributed by atoms with Crippen LogP contribution in [0.2, 0.25) is 0 Å². The summed E-state index contributed by atoms with van der Waals surface area (Å²) in [5, 5.41) is 16.1. The molecule has 122 valence electrons. The lowest BCUT2D eigenvalue weighted by atomic mass is 10.0. The molecule has 2 rings (SSSR count). The minimum Gasteiger partial charge on any atom is -0.396 e. The molecule has 0 aliphatic heterocycles. The summed E-state index contributed by atoms with van der Waals surface area (Å²) >= 11 is 0. The molecule has 6 heteroatoms. The minimum absolute atomic E-state index is 0.0000679. The highest BCUT2D eigenvalue weighted by Gasteiger charge is 2.18. The second-order valence-electron chi connectivity index (χ2n) is 5.64. The Morgan fingerprint density at radius 1 is 1.22 bits per heavy atom. The van der Waals surface area contributed by atoms with Crippen molar-refractivity contribution in [3.63, 3.8) is 0 Å². The van der Waals surface area contributed by atoms with Gasteiger partial charge in [0.25, 0.3) is 11.5 Å². The van der Waals surface area contributed by atoms with Crippen molar-refractivity contribution in [3.8, 4) is 5.69 Å². The number of aromatic nitrogens is 2. The third kappa shape index (κ3) is 4.26. The number of hydrogen-bond acceptors (Lipinski definition) is 4. The van der Waals surface area contributed by atoms with E-state index in [2.05, 4.69) is 10.4 Å². The van der Waals surface area contributed by atoms with E-state index in [4.69, 9.17) is 5.11 Å². The van der Waals surface area contributed by atoms with E-state index < -0.39 is 0 Å². The van der Waals surface area contributed by atoms with Gasteiger partial charge in [0.1, 0.15) is 5.69 Å². The normalized spacial score (nSPS) is 12.2. The SMILES string of the molecule is CC(C)C(CCO)NC(=O)c1ccc(=O)n(-c2ccccc2)n1. The molecule has 6 nitrogen and oxygen atoms in total. The van der Waals surface area contributed by atoms with Gasteiger partial charge >= 0.3 is 0 Å². The number of nitrogens with one attached hydrogen (secondary N) is 1. The van der Waals surface area contributed by atoms with Crippen LogP contribution in [0.4, 0.5) is 0 Å². The topological polar surface area (TPSA) is 84.2 Å². The van der Waals surface area contributed by atoms with Crippen LogP contribution in [0.1, 0.15) is 30.8 Å². The highest BCUT2D eigenvalue weighted by atomic mass is 16.3. The van der Waals surface area contributed by atoms with Gasteiger partial charge in [0.2, 0.25) is 0 Å². The molecule has 2 N–H and O–H groups in total. The van der Waals surface area contributed by atoms with Crippen LogP contribution < -0.4 is 10.9 Å². The van der Waals surface area contributed by atoms with Gasteiger partial charge < -0.3 is 10.4 Å². The highest BCUT2D eigenvalue weighted by Crippen LogP contribution is 2.07. The number of aliphatic hydroxyl groups is 1. The Morgan fingerprint density at radius 3 is 2.52 bits per heavy atom. The van der Waals surface area contributed by atoms with Crippen LogP contribution in [0.5, 0.6) is 0 Å². The van der Waals surface area contributed by atoms with E-state index in [-0.39, 0.29) is 35.7 Å². The predicted molar refractivity (Wildman–Crippen MR) is 87.6 cm³/mol. The first-order chi connectivity index (χ1) is 11.0. The Morgan fingerprint density at radius 2 is 1.91 bits per heavy atom. The van der Waals surface area contributed by atoms with Gasteiger partial charge in [0, 0.05) is 18.7 Å². The molecule has 1 amide bonds. The fraction of sp³-hybridized carbons (Fsp3) is 0.353. The molecule has 0 aliphatic rings. The van der Waals surface area contributed by atoms with Crippen LogP contribution in [0.3, 0.4) is 0 Å². The van der Waals surface area contributed by atoms with Crippen molar-refractivity contribution in [3.05, 3.63) is 58.5 Å². The maximum absolute atomic E-state index is 12.4. The zero-order chi connectivity index (χ0) is 16.8. The molecule has 0 saturated carbocycles. The number of para-hydroxylation sites is 1. The lowest BCUT2D eigenvalue weighted by molar-refractivity contribution is 0.0909. The number of aliphatic hydroxyl groups excluding tert-OH is 1. The molecule has 0 aliphatic carbocycles. The zero-order valence-corrected chi connectivity index (χ0v) is 13.3. The number of carbonyl (C=O) groups is 1. The molecule has 0 bridgehead atoms. The highest BCUT2D eigenvalue weighted by molar-refractivity contribution is 5.92. The molecule has 0 fully saturated rings. The lowest BCUT2D eigenvalue weighted by Crippen LogP contribution is -2.40. The monoisotopic (exact) mass is 315 g/mol. The average molecular weight is 315 g/mol.